The van der Waals surface area contributed by atoms with Gasteiger partial charge in [0.15, 0.2) is 6.61 Å². The fraction of sp³-hybridized carbons (Fsp3) is 0.500. The van der Waals surface area contributed by atoms with Crippen molar-refractivity contribution in [1.82, 2.24) is 19.8 Å². The first kappa shape index (κ1) is 24.5. The summed E-state index contributed by atoms with van der Waals surface area (Å²) in [6, 6.07) is 4.77. The number of hydrogen-bond donors (Lipinski definition) is 1. The van der Waals surface area contributed by atoms with Gasteiger partial charge in [0.2, 0.25) is 15.9 Å². The number of carbonyl (C=O) groups is 2. The highest BCUT2D eigenvalue weighted by Gasteiger charge is 2.28. The van der Waals surface area contributed by atoms with E-state index in [9.17, 15) is 18.0 Å². The van der Waals surface area contributed by atoms with Gasteiger partial charge in [-0.05, 0) is 24.1 Å². The van der Waals surface area contributed by atoms with Crippen molar-refractivity contribution >= 4 is 21.9 Å². The van der Waals surface area contributed by atoms with Crippen LogP contribution in [0.3, 0.4) is 0 Å². The molecule has 1 aromatic heterocycles. The number of nitrogens with zero attached hydrogens (tertiary/aromatic N) is 3. The van der Waals surface area contributed by atoms with E-state index in [4.69, 9.17) is 9.15 Å². The Morgan fingerprint density at radius 3 is 2.42 bits per heavy atom. The second-order valence-electron chi connectivity index (χ2n) is 7.13. The van der Waals surface area contributed by atoms with E-state index in [1.54, 1.807) is 34.6 Å². The topological polar surface area (TPSA) is 132 Å². The van der Waals surface area contributed by atoms with Crippen LogP contribution >= 0.6 is 0 Å². The summed E-state index contributed by atoms with van der Waals surface area (Å²) in [6.45, 7) is 9.03. The molecule has 1 amide bonds. The lowest BCUT2D eigenvalue weighted by Gasteiger charge is -2.21. The van der Waals surface area contributed by atoms with Gasteiger partial charge >= 0.3 is 5.97 Å². The van der Waals surface area contributed by atoms with Gasteiger partial charge in [-0.1, -0.05) is 33.8 Å². The average molecular weight is 453 g/mol. The standard InChI is InChI=1S/C20H28N4O6S/c1-6-24(7-2)31(27,28)16-10-8-9-15(11-16)19(25)21-18(13(3)4)20(26)29-12-17-23-22-14(5)30-17/h8-11,13,18H,6-7,12H2,1-5H3,(H,21,25). The van der Waals surface area contributed by atoms with Crippen LogP contribution in [0.1, 0.15) is 49.8 Å². The summed E-state index contributed by atoms with van der Waals surface area (Å²) in [7, 11) is -3.72. The normalized spacial score (nSPS) is 12.7. The molecular weight excluding hydrogens is 424 g/mol. The minimum atomic E-state index is -3.72. The van der Waals surface area contributed by atoms with Crippen LogP contribution in [-0.2, 0) is 26.2 Å². The van der Waals surface area contributed by atoms with Gasteiger partial charge in [-0.25, -0.2) is 13.2 Å². The van der Waals surface area contributed by atoms with Gasteiger partial charge in [0.25, 0.3) is 11.8 Å². The number of benzene rings is 1. The Bertz CT molecular complexity index is 1010. The van der Waals surface area contributed by atoms with E-state index in [0.29, 0.717) is 19.0 Å². The average Bonchev–Trinajstić information content (AvgIpc) is 3.15. The number of ether oxygens (including phenoxy) is 1. The predicted octanol–water partition coefficient (Wildman–Crippen LogP) is 1.91. The van der Waals surface area contributed by atoms with Crippen LogP contribution in [0.2, 0.25) is 0 Å². The van der Waals surface area contributed by atoms with E-state index in [2.05, 4.69) is 15.5 Å². The van der Waals surface area contributed by atoms with Gasteiger partial charge in [0, 0.05) is 25.6 Å². The molecule has 1 aromatic carbocycles. The van der Waals surface area contributed by atoms with Crippen molar-refractivity contribution < 1.29 is 27.2 Å². The molecule has 0 aliphatic rings. The monoisotopic (exact) mass is 452 g/mol. The quantitative estimate of drug-likeness (QED) is 0.541. The maximum Gasteiger partial charge on any atom is 0.329 e. The summed E-state index contributed by atoms with van der Waals surface area (Å²) in [6.07, 6.45) is 0. The zero-order chi connectivity index (χ0) is 23.2. The summed E-state index contributed by atoms with van der Waals surface area (Å²) < 4.78 is 37.1. The van der Waals surface area contributed by atoms with E-state index in [-0.39, 0.29) is 28.9 Å². The lowest BCUT2D eigenvalue weighted by Crippen LogP contribution is -2.45. The minimum absolute atomic E-state index is 0.0132. The predicted molar refractivity (Wildman–Crippen MR) is 111 cm³/mol. The van der Waals surface area contributed by atoms with Crippen LogP contribution in [0.4, 0.5) is 0 Å². The van der Waals surface area contributed by atoms with Gasteiger partial charge < -0.3 is 14.5 Å². The fourth-order valence-corrected chi connectivity index (χ4v) is 4.36. The van der Waals surface area contributed by atoms with Crippen LogP contribution in [0, 0.1) is 12.8 Å². The highest BCUT2D eigenvalue weighted by molar-refractivity contribution is 7.89. The number of carbonyl (C=O) groups excluding carboxylic acids is 2. The summed E-state index contributed by atoms with van der Waals surface area (Å²) in [5, 5.41) is 10.0. The smallest absolute Gasteiger partial charge is 0.329 e. The van der Waals surface area contributed by atoms with Gasteiger partial charge in [0.1, 0.15) is 6.04 Å². The van der Waals surface area contributed by atoms with Gasteiger partial charge in [-0.15, -0.1) is 10.2 Å². The molecule has 11 heteroatoms. The van der Waals surface area contributed by atoms with Gasteiger partial charge in [0.05, 0.1) is 4.90 Å². The van der Waals surface area contributed by atoms with Crippen LogP contribution < -0.4 is 5.32 Å². The first-order chi connectivity index (χ1) is 14.6. The molecule has 31 heavy (non-hydrogen) atoms. The van der Waals surface area contributed by atoms with Crippen LogP contribution in [0.25, 0.3) is 0 Å². The van der Waals surface area contributed by atoms with Crippen molar-refractivity contribution in [3.63, 3.8) is 0 Å². The molecule has 0 saturated heterocycles. The van der Waals surface area contributed by atoms with E-state index in [1.807, 2.05) is 0 Å². The van der Waals surface area contributed by atoms with Crippen molar-refractivity contribution in [2.75, 3.05) is 13.1 Å². The summed E-state index contributed by atoms with van der Waals surface area (Å²) in [5.74, 6) is -1.02. The highest BCUT2D eigenvalue weighted by atomic mass is 32.2. The number of nitrogens with one attached hydrogen (secondary N) is 1. The van der Waals surface area contributed by atoms with Crippen LogP contribution in [0.5, 0.6) is 0 Å². The Kier molecular flexibility index (Phi) is 8.28. The fourth-order valence-electron chi connectivity index (χ4n) is 2.85. The maximum atomic E-state index is 12.8. The zero-order valence-corrected chi connectivity index (χ0v) is 19.1. The van der Waals surface area contributed by atoms with E-state index in [1.165, 1.54) is 28.6 Å². The first-order valence-corrected chi connectivity index (χ1v) is 11.4. The molecule has 1 unspecified atom stereocenters. The molecule has 0 saturated carbocycles. The Balaban J connectivity index is 2.14. The summed E-state index contributed by atoms with van der Waals surface area (Å²) >= 11 is 0. The summed E-state index contributed by atoms with van der Waals surface area (Å²) in [5.41, 5.74) is 0.124. The lowest BCUT2D eigenvalue weighted by molar-refractivity contribution is -0.149. The van der Waals surface area contributed by atoms with E-state index in [0.717, 1.165) is 0 Å². The second kappa shape index (κ2) is 10.5. The van der Waals surface area contributed by atoms with E-state index >= 15 is 0 Å². The number of aromatic nitrogens is 2. The number of amides is 1. The zero-order valence-electron chi connectivity index (χ0n) is 18.3. The van der Waals surface area contributed by atoms with Crippen molar-refractivity contribution in [2.45, 2.75) is 52.2 Å². The van der Waals surface area contributed by atoms with Crippen molar-refractivity contribution in [3.05, 3.63) is 41.6 Å². The number of sulfonamides is 1. The Morgan fingerprint density at radius 1 is 1.19 bits per heavy atom. The molecule has 170 valence electrons. The first-order valence-electron chi connectivity index (χ1n) is 9.96. The molecule has 0 spiro atoms. The molecule has 0 bridgehead atoms. The summed E-state index contributed by atoms with van der Waals surface area (Å²) in [4.78, 5) is 25.3. The number of rotatable bonds is 10. The largest absolute Gasteiger partial charge is 0.454 e. The molecule has 0 fully saturated rings. The number of esters is 1. The Labute approximate surface area is 182 Å². The van der Waals surface area contributed by atoms with Crippen molar-refractivity contribution in [3.8, 4) is 0 Å². The molecule has 0 radical (unpaired) electrons. The molecule has 0 aliphatic heterocycles. The number of aryl methyl sites for hydroxylation is 1. The van der Waals surface area contributed by atoms with Crippen LogP contribution in [0.15, 0.2) is 33.6 Å². The maximum absolute atomic E-state index is 12.8. The molecule has 1 N–H and O–H groups in total. The SMILES string of the molecule is CCN(CC)S(=O)(=O)c1cccc(C(=O)NC(C(=O)OCc2nnc(C)o2)C(C)C)c1. The molecule has 1 heterocycles. The highest BCUT2D eigenvalue weighted by Crippen LogP contribution is 2.17. The molecule has 2 rings (SSSR count). The molecule has 1 atom stereocenters. The van der Waals surface area contributed by atoms with Crippen molar-refractivity contribution in [2.24, 2.45) is 5.92 Å². The second-order valence-corrected chi connectivity index (χ2v) is 9.07. The van der Waals surface area contributed by atoms with Crippen LogP contribution in [-0.4, -0.2) is 53.9 Å². The Morgan fingerprint density at radius 2 is 1.87 bits per heavy atom. The third-order valence-corrected chi connectivity index (χ3v) is 6.60. The van der Waals surface area contributed by atoms with Gasteiger partial charge in [-0.2, -0.15) is 4.31 Å². The molecular formula is C20H28N4O6S. The molecule has 0 aliphatic carbocycles. The molecule has 10 nitrogen and oxygen atoms in total. The van der Waals surface area contributed by atoms with Gasteiger partial charge in [-0.3, -0.25) is 4.79 Å². The van der Waals surface area contributed by atoms with E-state index < -0.39 is 27.9 Å². The lowest BCUT2D eigenvalue weighted by atomic mass is 10.0. The minimum Gasteiger partial charge on any atom is -0.454 e. The molecule has 2 aromatic rings. The number of hydrogen-bond acceptors (Lipinski definition) is 8. The third kappa shape index (κ3) is 6.11. The van der Waals surface area contributed by atoms with Crippen molar-refractivity contribution in [1.29, 1.82) is 0 Å². The third-order valence-electron chi connectivity index (χ3n) is 4.55. The Hall–Kier alpha value is -2.79.